The van der Waals surface area contributed by atoms with Crippen LogP contribution < -0.4 is 15.0 Å². The van der Waals surface area contributed by atoms with Crippen LogP contribution >= 0.6 is 0 Å². The topological polar surface area (TPSA) is 58.6 Å². The number of benzene rings is 3. The number of nitrogens with zero attached hydrogens (tertiary/aromatic N) is 1. The van der Waals surface area contributed by atoms with Crippen LogP contribution in [0.25, 0.3) is 0 Å². The second kappa shape index (κ2) is 9.27. The van der Waals surface area contributed by atoms with Gasteiger partial charge in [-0.05, 0) is 61.7 Å². The molecule has 2 amide bonds. The molecular weight excluding hydrogens is 400 g/mol. The summed E-state index contributed by atoms with van der Waals surface area (Å²) in [4.78, 5) is 28.4. The zero-order valence-electron chi connectivity index (χ0n) is 18.7. The van der Waals surface area contributed by atoms with Crippen LogP contribution in [-0.2, 0) is 9.59 Å². The number of para-hydroxylation sites is 1. The summed E-state index contributed by atoms with van der Waals surface area (Å²) in [5.41, 5.74) is 4.63. The van der Waals surface area contributed by atoms with Gasteiger partial charge in [0.25, 0.3) is 0 Å². The second-order valence-electron chi connectivity index (χ2n) is 8.27. The van der Waals surface area contributed by atoms with Gasteiger partial charge in [-0.15, -0.1) is 0 Å². The van der Waals surface area contributed by atoms with E-state index in [4.69, 9.17) is 4.74 Å². The lowest BCUT2D eigenvalue weighted by Crippen LogP contribution is -2.47. The van der Waals surface area contributed by atoms with Gasteiger partial charge in [0.15, 0.2) is 0 Å². The van der Waals surface area contributed by atoms with Crippen LogP contribution in [0.2, 0.25) is 0 Å². The number of methoxy groups -OCH3 is 1. The Morgan fingerprint density at radius 1 is 0.969 bits per heavy atom. The standard InChI is InChI=1S/C27H28N2O3/c1-18-8-12-21(13-9-18)29-25(30)17-16-23(26(29)20-10-14-22(32-3)15-11-20)27(31)28-24-7-5-4-6-19(24)2/h4-15,23,26H,16-17H2,1-3H3,(H,28,31). The summed E-state index contributed by atoms with van der Waals surface area (Å²) < 4.78 is 5.31. The van der Waals surface area contributed by atoms with Crippen LogP contribution in [0.1, 0.15) is 35.6 Å². The molecule has 3 aromatic carbocycles. The van der Waals surface area contributed by atoms with Gasteiger partial charge in [-0.25, -0.2) is 0 Å². The smallest absolute Gasteiger partial charge is 0.229 e. The molecule has 0 radical (unpaired) electrons. The Balaban J connectivity index is 1.74. The molecule has 0 bridgehead atoms. The Hall–Kier alpha value is -3.60. The maximum atomic E-state index is 13.5. The Morgan fingerprint density at radius 3 is 2.31 bits per heavy atom. The number of aryl methyl sites for hydroxylation is 2. The number of amides is 2. The van der Waals surface area contributed by atoms with Crippen LogP contribution in [0, 0.1) is 19.8 Å². The van der Waals surface area contributed by atoms with Crippen LogP contribution in [0.5, 0.6) is 5.75 Å². The molecule has 1 fully saturated rings. The molecule has 5 heteroatoms. The Morgan fingerprint density at radius 2 is 1.66 bits per heavy atom. The number of nitrogens with one attached hydrogen (secondary N) is 1. The molecule has 0 saturated carbocycles. The largest absolute Gasteiger partial charge is 0.497 e. The van der Waals surface area contributed by atoms with E-state index in [1.54, 1.807) is 12.0 Å². The van der Waals surface area contributed by atoms with E-state index in [9.17, 15) is 9.59 Å². The lowest BCUT2D eigenvalue weighted by atomic mass is 9.83. The van der Waals surface area contributed by atoms with Crippen molar-refractivity contribution >= 4 is 23.2 Å². The maximum Gasteiger partial charge on any atom is 0.229 e. The van der Waals surface area contributed by atoms with Crippen molar-refractivity contribution in [3.05, 3.63) is 89.5 Å². The highest BCUT2D eigenvalue weighted by Crippen LogP contribution is 2.41. The molecule has 1 heterocycles. The minimum Gasteiger partial charge on any atom is -0.497 e. The third kappa shape index (κ3) is 4.37. The van der Waals surface area contributed by atoms with Crippen molar-refractivity contribution in [2.24, 2.45) is 5.92 Å². The molecule has 1 aliphatic heterocycles. The highest BCUT2D eigenvalue weighted by Gasteiger charge is 2.41. The molecule has 1 N–H and O–H groups in total. The van der Waals surface area contributed by atoms with E-state index in [1.165, 1.54) is 0 Å². The van der Waals surface area contributed by atoms with Crippen molar-refractivity contribution in [1.82, 2.24) is 0 Å². The molecule has 1 saturated heterocycles. The number of carbonyl (C=O) groups is 2. The Labute approximate surface area is 189 Å². The van der Waals surface area contributed by atoms with Crippen molar-refractivity contribution < 1.29 is 14.3 Å². The van der Waals surface area contributed by atoms with Gasteiger partial charge >= 0.3 is 0 Å². The highest BCUT2D eigenvalue weighted by molar-refractivity contribution is 6.00. The quantitative estimate of drug-likeness (QED) is 0.589. The van der Waals surface area contributed by atoms with E-state index < -0.39 is 6.04 Å². The third-order valence-electron chi connectivity index (χ3n) is 6.11. The average Bonchev–Trinajstić information content (AvgIpc) is 2.81. The summed E-state index contributed by atoms with van der Waals surface area (Å²) in [7, 11) is 1.62. The summed E-state index contributed by atoms with van der Waals surface area (Å²) in [6.07, 6.45) is 0.821. The number of rotatable bonds is 5. The molecule has 4 rings (SSSR count). The Kier molecular flexibility index (Phi) is 6.26. The van der Waals surface area contributed by atoms with Gasteiger partial charge < -0.3 is 15.0 Å². The molecule has 2 unspecified atom stereocenters. The molecule has 0 aromatic heterocycles. The minimum atomic E-state index is -0.408. The third-order valence-corrected chi connectivity index (χ3v) is 6.11. The molecule has 0 aliphatic carbocycles. The summed E-state index contributed by atoms with van der Waals surface area (Å²) in [5, 5.41) is 3.10. The first-order valence-corrected chi connectivity index (χ1v) is 10.9. The lowest BCUT2D eigenvalue weighted by molar-refractivity contribution is -0.125. The van der Waals surface area contributed by atoms with E-state index in [-0.39, 0.29) is 17.7 Å². The van der Waals surface area contributed by atoms with Crippen LogP contribution in [0.3, 0.4) is 0 Å². The molecule has 2 atom stereocenters. The number of hydrogen-bond donors (Lipinski definition) is 1. The lowest BCUT2D eigenvalue weighted by Gasteiger charge is -2.41. The van der Waals surface area contributed by atoms with E-state index in [2.05, 4.69) is 5.32 Å². The van der Waals surface area contributed by atoms with Crippen molar-refractivity contribution in [3.63, 3.8) is 0 Å². The zero-order chi connectivity index (χ0) is 22.7. The SMILES string of the molecule is COc1ccc(C2C(C(=O)Nc3ccccc3C)CCC(=O)N2c2ccc(C)cc2)cc1. The number of piperidine rings is 1. The van der Waals surface area contributed by atoms with Gasteiger partial charge in [0.05, 0.1) is 19.1 Å². The van der Waals surface area contributed by atoms with E-state index in [0.29, 0.717) is 12.8 Å². The van der Waals surface area contributed by atoms with Crippen LogP contribution in [-0.4, -0.2) is 18.9 Å². The second-order valence-corrected chi connectivity index (χ2v) is 8.27. The van der Waals surface area contributed by atoms with Gasteiger partial charge in [0.1, 0.15) is 5.75 Å². The number of hydrogen-bond acceptors (Lipinski definition) is 3. The predicted molar refractivity (Wildman–Crippen MR) is 127 cm³/mol. The minimum absolute atomic E-state index is 0.0228. The number of anilines is 2. The first kappa shape index (κ1) is 21.6. The van der Waals surface area contributed by atoms with Gasteiger partial charge in [-0.2, -0.15) is 0 Å². The van der Waals surface area contributed by atoms with Crippen molar-refractivity contribution in [1.29, 1.82) is 0 Å². The number of carbonyl (C=O) groups excluding carboxylic acids is 2. The van der Waals surface area contributed by atoms with Crippen LogP contribution in [0.4, 0.5) is 11.4 Å². The highest BCUT2D eigenvalue weighted by atomic mass is 16.5. The van der Waals surface area contributed by atoms with Crippen LogP contribution in [0.15, 0.2) is 72.8 Å². The van der Waals surface area contributed by atoms with Gasteiger partial charge in [-0.1, -0.05) is 48.0 Å². The zero-order valence-corrected chi connectivity index (χ0v) is 18.7. The van der Waals surface area contributed by atoms with Gasteiger partial charge in [-0.3, -0.25) is 9.59 Å². The van der Waals surface area contributed by atoms with Crippen molar-refractivity contribution in [3.8, 4) is 5.75 Å². The van der Waals surface area contributed by atoms with Crippen molar-refractivity contribution in [2.45, 2.75) is 32.7 Å². The fourth-order valence-electron chi connectivity index (χ4n) is 4.30. The monoisotopic (exact) mass is 428 g/mol. The van der Waals surface area contributed by atoms with E-state index >= 15 is 0 Å². The van der Waals surface area contributed by atoms with Gasteiger partial charge in [0.2, 0.25) is 11.8 Å². The molecule has 3 aromatic rings. The number of ether oxygens (including phenoxy) is 1. The summed E-state index contributed by atoms with van der Waals surface area (Å²) in [5.74, 6) is 0.292. The molecule has 5 nitrogen and oxygen atoms in total. The average molecular weight is 429 g/mol. The normalized spacial score (nSPS) is 18.3. The summed E-state index contributed by atoms with van der Waals surface area (Å²) >= 11 is 0. The van der Waals surface area contributed by atoms with Crippen molar-refractivity contribution in [2.75, 3.05) is 17.3 Å². The fraction of sp³-hybridized carbons (Fsp3) is 0.259. The molecule has 32 heavy (non-hydrogen) atoms. The van der Waals surface area contributed by atoms with E-state index in [1.807, 2.05) is 86.6 Å². The van der Waals surface area contributed by atoms with Gasteiger partial charge in [0, 0.05) is 17.8 Å². The molecule has 0 spiro atoms. The first-order chi connectivity index (χ1) is 15.5. The Bertz CT molecular complexity index is 1110. The predicted octanol–water partition coefficient (Wildman–Crippen LogP) is 5.44. The summed E-state index contributed by atoms with van der Waals surface area (Å²) in [6.45, 7) is 3.99. The maximum absolute atomic E-state index is 13.5. The molecule has 1 aliphatic rings. The first-order valence-electron chi connectivity index (χ1n) is 10.9. The summed E-state index contributed by atoms with van der Waals surface area (Å²) in [6, 6.07) is 22.8. The van der Waals surface area contributed by atoms with E-state index in [0.717, 1.165) is 33.8 Å². The molecule has 164 valence electrons. The fourth-order valence-corrected chi connectivity index (χ4v) is 4.30. The molecular formula is C27H28N2O3.